The van der Waals surface area contributed by atoms with E-state index in [0.29, 0.717) is 19.6 Å². The molecule has 158 valence electrons. The zero-order valence-electron chi connectivity index (χ0n) is 16.5. The maximum Gasteiger partial charge on any atom is 0.251 e. The molecule has 1 heterocycles. The Morgan fingerprint density at radius 2 is 1.83 bits per heavy atom. The largest absolute Gasteiger partial charge is 0.772 e. The van der Waals surface area contributed by atoms with Crippen molar-refractivity contribution in [1.82, 2.24) is 10.6 Å². The summed E-state index contributed by atoms with van der Waals surface area (Å²) in [6, 6.07) is 16.6. The van der Waals surface area contributed by atoms with Gasteiger partial charge in [0.15, 0.2) is 0 Å². The summed E-state index contributed by atoms with van der Waals surface area (Å²) in [5.74, 6) is -0.269. The molecular formula is C22H24N3O4S-. The van der Waals surface area contributed by atoms with Crippen molar-refractivity contribution in [3.63, 3.8) is 0 Å². The fourth-order valence-corrected chi connectivity index (χ4v) is 3.74. The Kier molecular flexibility index (Phi) is 8.11. The lowest BCUT2D eigenvalue weighted by atomic mass is 10.00. The molecule has 1 fully saturated rings. The molecule has 1 saturated heterocycles. The minimum Gasteiger partial charge on any atom is -0.772 e. The van der Waals surface area contributed by atoms with E-state index < -0.39 is 23.2 Å². The molecule has 30 heavy (non-hydrogen) atoms. The highest BCUT2D eigenvalue weighted by Gasteiger charge is 2.23. The van der Waals surface area contributed by atoms with Gasteiger partial charge in [0.1, 0.15) is 12.1 Å². The van der Waals surface area contributed by atoms with E-state index in [1.807, 2.05) is 36.4 Å². The number of amides is 1. The Bertz CT molecular complexity index is 901. The molecule has 1 unspecified atom stereocenters. The molecule has 3 rings (SSSR count). The van der Waals surface area contributed by atoms with Crippen LogP contribution in [0.1, 0.15) is 17.5 Å². The molecule has 7 nitrogen and oxygen atoms in total. The third-order valence-electron chi connectivity index (χ3n) is 4.88. The van der Waals surface area contributed by atoms with Crippen molar-refractivity contribution in [3.05, 3.63) is 59.7 Å². The maximum absolute atomic E-state index is 12.4. The Hall–Kier alpha value is -2.57. The molecule has 0 aliphatic carbocycles. The Balaban J connectivity index is 1.59. The molecule has 2 aromatic carbocycles. The monoisotopic (exact) mass is 426 g/mol. The van der Waals surface area contributed by atoms with Crippen LogP contribution in [0, 0.1) is 11.3 Å². The molecule has 3 atom stereocenters. The quantitative estimate of drug-likeness (QED) is 0.651. The normalized spacial score (nSPS) is 18.6. The maximum atomic E-state index is 12.4. The minimum atomic E-state index is -2.10. The van der Waals surface area contributed by atoms with Crippen molar-refractivity contribution in [2.45, 2.75) is 30.7 Å². The van der Waals surface area contributed by atoms with Crippen molar-refractivity contribution in [3.8, 4) is 17.2 Å². The molecule has 0 bridgehead atoms. The number of hydrogen-bond donors (Lipinski definition) is 2. The number of nitrogens with one attached hydrogen (secondary N) is 2. The first-order valence-corrected chi connectivity index (χ1v) is 11.1. The van der Waals surface area contributed by atoms with Crippen LogP contribution in [0.25, 0.3) is 11.1 Å². The number of nitriles is 1. The smallest absolute Gasteiger partial charge is 0.251 e. The standard InChI is InChI=1S/C22H25N3O4S/c23-13-20(25-22(26)21-14-24-10-1-11-29-21)12-16-2-6-18(7-3-16)19-8-4-17(5-9-19)15-30(27)28/h2-9,20-21,24H,1,10-12,14-15H2,(H,25,26)(H,27,28)/p-1/t20-,21-/m0/s1. The molecule has 0 radical (unpaired) electrons. The van der Waals surface area contributed by atoms with Crippen molar-refractivity contribution in [2.24, 2.45) is 0 Å². The fourth-order valence-electron chi connectivity index (χ4n) is 3.28. The van der Waals surface area contributed by atoms with Gasteiger partial charge >= 0.3 is 0 Å². The first-order valence-electron chi connectivity index (χ1n) is 9.81. The third kappa shape index (κ3) is 6.47. The van der Waals surface area contributed by atoms with E-state index in [9.17, 15) is 18.8 Å². The Morgan fingerprint density at radius 3 is 2.43 bits per heavy atom. The lowest BCUT2D eigenvalue weighted by molar-refractivity contribution is -0.132. The highest BCUT2D eigenvalue weighted by Crippen LogP contribution is 2.21. The molecule has 0 aromatic heterocycles. The van der Waals surface area contributed by atoms with E-state index >= 15 is 0 Å². The first-order chi connectivity index (χ1) is 14.5. The van der Waals surface area contributed by atoms with E-state index in [4.69, 9.17) is 4.74 Å². The van der Waals surface area contributed by atoms with Gasteiger partial charge in [0.2, 0.25) is 0 Å². The fraction of sp³-hybridized carbons (Fsp3) is 0.364. The van der Waals surface area contributed by atoms with Gasteiger partial charge in [-0.3, -0.25) is 9.00 Å². The van der Waals surface area contributed by atoms with Gasteiger partial charge in [-0.05, 0) is 35.2 Å². The van der Waals surface area contributed by atoms with Gasteiger partial charge in [0.05, 0.1) is 6.07 Å². The van der Waals surface area contributed by atoms with Crippen molar-refractivity contribution in [2.75, 3.05) is 19.7 Å². The molecule has 1 aliphatic heterocycles. The van der Waals surface area contributed by atoms with Gasteiger partial charge < -0.3 is 19.9 Å². The van der Waals surface area contributed by atoms with Crippen LogP contribution in [0.3, 0.4) is 0 Å². The number of benzene rings is 2. The van der Waals surface area contributed by atoms with Gasteiger partial charge in [0, 0.05) is 25.3 Å². The van der Waals surface area contributed by atoms with Crippen LogP contribution in [-0.4, -0.2) is 46.5 Å². The third-order valence-corrected chi connectivity index (χ3v) is 5.45. The van der Waals surface area contributed by atoms with Crippen LogP contribution in [-0.2, 0) is 32.8 Å². The van der Waals surface area contributed by atoms with Crippen LogP contribution in [0.2, 0.25) is 0 Å². The minimum absolute atomic E-state index is 0.00243. The predicted octanol–water partition coefficient (Wildman–Crippen LogP) is 1.66. The summed E-state index contributed by atoms with van der Waals surface area (Å²) in [6.07, 6.45) is 0.683. The lowest BCUT2D eigenvalue weighted by Crippen LogP contribution is -2.46. The highest BCUT2D eigenvalue weighted by molar-refractivity contribution is 7.78. The number of hydrogen-bond acceptors (Lipinski definition) is 6. The second-order valence-corrected chi connectivity index (χ2v) is 8.05. The van der Waals surface area contributed by atoms with Gasteiger partial charge in [-0.15, -0.1) is 0 Å². The number of nitrogens with zero attached hydrogens (tertiary/aromatic N) is 1. The van der Waals surface area contributed by atoms with Crippen LogP contribution in [0.4, 0.5) is 0 Å². The molecule has 1 aliphatic rings. The molecule has 8 heteroatoms. The topological polar surface area (TPSA) is 114 Å². The van der Waals surface area contributed by atoms with E-state index in [1.165, 1.54) is 0 Å². The lowest BCUT2D eigenvalue weighted by Gasteiger charge is -2.18. The zero-order valence-corrected chi connectivity index (χ0v) is 17.3. The van der Waals surface area contributed by atoms with Crippen LogP contribution in [0.15, 0.2) is 48.5 Å². The molecular weight excluding hydrogens is 402 g/mol. The summed E-state index contributed by atoms with van der Waals surface area (Å²) >= 11 is -2.10. The van der Waals surface area contributed by atoms with Crippen molar-refractivity contribution >= 4 is 17.0 Å². The molecule has 0 spiro atoms. The average Bonchev–Trinajstić information content (AvgIpc) is 3.04. The SMILES string of the molecule is N#C[C@H](Cc1ccc(-c2ccc(CS(=O)[O-])cc2)cc1)NC(=O)[C@@H]1CNCCCO1. The summed E-state index contributed by atoms with van der Waals surface area (Å²) in [6.45, 7) is 1.79. The van der Waals surface area contributed by atoms with Gasteiger partial charge in [-0.25, -0.2) is 0 Å². The first kappa shape index (κ1) is 22.1. The molecule has 1 amide bonds. The van der Waals surface area contributed by atoms with E-state index in [0.717, 1.165) is 35.2 Å². The van der Waals surface area contributed by atoms with E-state index in [2.05, 4.69) is 16.7 Å². The predicted molar refractivity (Wildman–Crippen MR) is 113 cm³/mol. The zero-order chi connectivity index (χ0) is 21.3. The molecule has 2 aromatic rings. The van der Waals surface area contributed by atoms with Gasteiger partial charge in [-0.2, -0.15) is 5.26 Å². The van der Waals surface area contributed by atoms with Crippen molar-refractivity contribution in [1.29, 1.82) is 5.26 Å². The second-order valence-electron chi connectivity index (χ2n) is 7.15. The number of ether oxygens (including phenoxy) is 1. The Morgan fingerprint density at radius 1 is 1.20 bits per heavy atom. The number of carbonyl (C=O) groups is 1. The van der Waals surface area contributed by atoms with E-state index in [1.54, 1.807) is 12.1 Å². The summed E-state index contributed by atoms with van der Waals surface area (Å²) < 4.78 is 27.1. The van der Waals surface area contributed by atoms with Crippen molar-refractivity contribution < 1.29 is 18.3 Å². The number of carbonyl (C=O) groups excluding carboxylic acids is 1. The van der Waals surface area contributed by atoms with Crippen LogP contribution < -0.4 is 10.6 Å². The van der Waals surface area contributed by atoms with Crippen LogP contribution in [0.5, 0.6) is 0 Å². The summed E-state index contributed by atoms with van der Waals surface area (Å²) in [5.41, 5.74) is 3.64. The van der Waals surface area contributed by atoms with Gasteiger partial charge in [0.25, 0.3) is 5.91 Å². The van der Waals surface area contributed by atoms with E-state index in [-0.39, 0.29) is 11.7 Å². The molecule has 0 saturated carbocycles. The molecule has 2 N–H and O–H groups in total. The summed E-state index contributed by atoms with van der Waals surface area (Å²) in [5, 5.41) is 15.4. The second kappa shape index (κ2) is 11.0. The van der Waals surface area contributed by atoms with Crippen LogP contribution >= 0.6 is 0 Å². The average molecular weight is 427 g/mol. The number of rotatable bonds is 7. The summed E-state index contributed by atoms with van der Waals surface area (Å²) in [4.78, 5) is 12.4. The highest BCUT2D eigenvalue weighted by atomic mass is 32.2. The van der Waals surface area contributed by atoms with Gasteiger partial charge in [-0.1, -0.05) is 59.6 Å². The Labute approximate surface area is 178 Å². The summed E-state index contributed by atoms with van der Waals surface area (Å²) in [7, 11) is 0.